The third kappa shape index (κ3) is 4.06. The van der Waals surface area contributed by atoms with Crippen LogP contribution in [0.2, 0.25) is 0 Å². The summed E-state index contributed by atoms with van der Waals surface area (Å²) < 4.78 is 1.36. The van der Waals surface area contributed by atoms with Gasteiger partial charge in [0.15, 0.2) is 0 Å². The molecular weight excluding hydrogens is 320 g/mol. The van der Waals surface area contributed by atoms with Crippen molar-refractivity contribution in [3.05, 3.63) is 56.2 Å². The van der Waals surface area contributed by atoms with Gasteiger partial charge in [-0.25, -0.2) is 0 Å². The van der Waals surface area contributed by atoms with E-state index in [4.69, 9.17) is 12.2 Å². The number of aromatic nitrogens is 3. The molecular formula is C18H24N4OS. The topological polar surface area (TPSA) is 63.0 Å². The molecule has 0 aliphatic carbocycles. The van der Waals surface area contributed by atoms with Gasteiger partial charge in [-0.15, -0.1) is 0 Å². The first-order valence-corrected chi connectivity index (χ1v) is 8.28. The van der Waals surface area contributed by atoms with Crippen molar-refractivity contribution >= 4 is 18.4 Å². The van der Waals surface area contributed by atoms with Gasteiger partial charge in [0.05, 0.1) is 6.21 Å². The molecule has 6 heteroatoms. The van der Waals surface area contributed by atoms with Crippen LogP contribution in [0.5, 0.6) is 0 Å². The quantitative estimate of drug-likeness (QED) is 0.666. The summed E-state index contributed by atoms with van der Waals surface area (Å²) in [6.45, 7) is 12.3. The average Bonchev–Trinajstić information content (AvgIpc) is 2.45. The summed E-state index contributed by atoms with van der Waals surface area (Å²) in [5.74, 6) is 0. The number of aromatic amines is 1. The van der Waals surface area contributed by atoms with Crippen LogP contribution >= 0.6 is 12.2 Å². The predicted molar refractivity (Wildman–Crippen MR) is 101 cm³/mol. The zero-order chi connectivity index (χ0) is 18.1. The number of H-pyrrole nitrogens is 1. The molecule has 0 radical (unpaired) electrons. The zero-order valence-corrected chi connectivity index (χ0v) is 15.9. The van der Waals surface area contributed by atoms with Crippen molar-refractivity contribution in [2.24, 2.45) is 5.10 Å². The number of rotatable bonds is 2. The third-order valence-corrected chi connectivity index (χ3v) is 3.92. The van der Waals surface area contributed by atoms with E-state index in [1.165, 1.54) is 10.2 Å². The molecule has 1 N–H and O–H groups in total. The minimum Gasteiger partial charge on any atom is -0.265 e. The van der Waals surface area contributed by atoms with E-state index >= 15 is 0 Å². The highest BCUT2D eigenvalue weighted by molar-refractivity contribution is 7.71. The highest BCUT2D eigenvalue weighted by atomic mass is 32.1. The highest BCUT2D eigenvalue weighted by Crippen LogP contribution is 2.21. The van der Waals surface area contributed by atoms with Crippen molar-refractivity contribution in [3.63, 3.8) is 0 Å². The van der Waals surface area contributed by atoms with Crippen molar-refractivity contribution in [1.82, 2.24) is 14.9 Å². The van der Waals surface area contributed by atoms with E-state index in [2.05, 4.69) is 48.2 Å². The molecule has 2 aromatic rings. The first-order chi connectivity index (χ1) is 11.0. The van der Waals surface area contributed by atoms with Crippen molar-refractivity contribution in [3.8, 4) is 0 Å². The number of nitrogens with zero attached hydrogens (tertiary/aromatic N) is 3. The molecule has 2 rings (SSSR count). The van der Waals surface area contributed by atoms with E-state index in [0.29, 0.717) is 5.69 Å². The Morgan fingerprint density at radius 3 is 2.17 bits per heavy atom. The molecule has 0 bridgehead atoms. The van der Waals surface area contributed by atoms with Crippen molar-refractivity contribution in [1.29, 1.82) is 0 Å². The monoisotopic (exact) mass is 344 g/mol. The second-order valence-electron chi connectivity index (χ2n) is 7.86. The number of nitrogens with one attached hydrogen (secondary N) is 1. The molecule has 1 aromatic carbocycles. The van der Waals surface area contributed by atoms with Crippen LogP contribution in [0.3, 0.4) is 0 Å². The summed E-state index contributed by atoms with van der Waals surface area (Å²) in [5, 5.41) is 11.0. The van der Waals surface area contributed by atoms with Crippen LogP contribution in [0.1, 0.15) is 58.4 Å². The van der Waals surface area contributed by atoms with Gasteiger partial charge in [-0.2, -0.15) is 14.9 Å². The van der Waals surface area contributed by atoms with E-state index < -0.39 is 0 Å². The number of benzene rings is 1. The maximum Gasteiger partial charge on any atom is 0.297 e. The van der Waals surface area contributed by atoms with Gasteiger partial charge in [-0.05, 0) is 28.8 Å². The third-order valence-electron chi connectivity index (χ3n) is 3.66. The summed E-state index contributed by atoms with van der Waals surface area (Å²) in [7, 11) is 0. The van der Waals surface area contributed by atoms with Crippen LogP contribution < -0.4 is 5.56 Å². The van der Waals surface area contributed by atoms with Gasteiger partial charge in [-0.3, -0.25) is 9.89 Å². The minimum atomic E-state index is -0.387. The van der Waals surface area contributed by atoms with Crippen LogP contribution in [-0.2, 0) is 10.8 Å². The molecule has 0 aliphatic rings. The van der Waals surface area contributed by atoms with Crippen molar-refractivity contribution in [2.75, 3.05) is 0 Å². The number of hydrogen-bond donors (Lipinski definition) is 1. The van der Waals surface area contributed by atoms with Gasteiger partial charge in [0.1, 0.15) is 5.69 Å². The maximum atomic E-state index is 12.5. The summed E-state index contributed by atoms with van der Waals surface area (Å²) in [4.78, 5) is 12.5. The van der Waals surface area contributed by atoms with Crippen LogP contribution in [-0.4, -0.2) is 21.1 Å². The molecule has 0 fully saturated rings. The summed E-state index contributed by atoms with van der Waals surface area (Å²) >= 11 is 5.14. The molecule has 128 valence electrons. The van der Waals surface area contributed by atoms with E-state index in [1.807, 2.05) is 32.9 Å². The normalized spacial score (nSPS) is 12.8. The number of hydrogen-bond acceptors (Lipinski definition) is 4. The van der Waals surface area contributed by atoms with Crippen molar-refractivity contribution < 1.29 is 0 Å². The molecule has 1 heterocycles. The van der Waals surface area contributed by atoms with Gasteiger partial charge >= 0.3 is 0 Å². The lowest BCUT2D eigenvalue weighted by molar-refractivity contribution is 0.529. The smallest absolute Gasteiger partial charge is 0.265 e. The molecule has 0 atom stereocenters. The molecule has 0 aliphatic heterocycles. The van der Waals surface area contributed by atoms with Gasteiger partial charge in [-0.1, -0.05) is 65.8 Å². The largest absolute Gasteiger partial charge is 0.297 e. The van der Waals surface area contributed by atoms with Crippen LogP contribution in [0.4, 0.5) is 0 Å². The molecule has 0 spiro atoms. The van der Waals surface area contributed by atoms with E-state index in [9.17, 15) is 4.79 Å². The Morgan fingerprint density at radius 2 is 1.67 bits per heavy atom. The SMILES string of the molecule is CC(C)(C)c1ccc(/C=N\n2c(=S)[nH]nc(C(C)(C)C)c2=O)cc1. The Bertz CT molecular complexity index is 862. The maximum absolute atomic E-state index is 12.5. The molecule has 5 nitrogen and oxygen atoms in total. The second kappa shape index (κ2) is 6.43. The zero-order valence-electron chi connectivity index (χ0n) is 15.0. The van der Waals surface area contributed by atoms with Gasteiger partial charge in [0, 0.05) is 5.41 Å². The fraction of sp³-hybridized carbons (Fsp3) is 0.444. The first-order valence-electron chi connectivity index (χ1n) is 7.87. The molecule has 24 heavy (non-hydrogen) atoms. The summed E-state index contributed by atoms with van der Waals surface area (Å²) in [6.07, 6.45) is 1.63. The predicted octanol–water partition coefficient (Wildman–Crippen LogP) is 3.78. The lowest BCUT2D eigenvalue weighted by Crippen LogP contribution is -2.32. The standard InChI is InChI=1S/C18H24N4OS/c1-17(2,3)13-9-7-12(8-10-13)11-19-22-15(23)14(18(4,5)6)20-21-16(22)24/h7-11H,1-6H3,(H,21,24)/b19-11-. The summed E-state index contributed by atoms with van der Waals surface area (Å²) in [6, 6.07) is 8.09. The van der Waals surface area contributed by atoms with Crippen LogP contribution in [0.15, 0.2) is 34.2 Å². The highest BCUT2D eigenvalue weighted by Gasteiger charge is 2.21. The Kier molecular flexibility index (Phi) is 4.90. The minimum absolute atomic E-state index is 0.0993. The Morgan fingerprint density at radius 1 is 1.08 bits per heavy atom. The van der Waals surface area contributed by atoms with Gasteiger partial charge in [0.25, 0.3) is 5.56 Å². The Hall–Kier alpha value is -2.08. The van der Waals surface area contributed by atoms with E-state index in [0.717, 1.165) is 5.56 Å². The molecule has 0 saturated heterocycles. The van der Waals surface area contributed by atoms with Crippen LogP contribution in [0, 0.1) is 4.77 Å². The van der Waals surface area contributed by atoms with Gasteiger partial charge < -0.3 is 0 Å². The first kappa shape index (κ1) is 18.3. The molecule has 0 unspecified atom stereocenters. The van der Waals surface area contributed by atoms with Crippen LogP contribution in [0.25, 0.3) is 0 Å². The Labute approximate surface area is 147 Å². The lowest BCUT2D eigenvalue weighted by Gasteiger charge is -2.18. The Balaban J connectivity index is 2.40. The second-order valence-corrected chi connectivity index (χ2v) is 8.25. The average molecular weight is 344 g/mol. The molecule has 1 aromatic heterocycles. The van der Waals surface area contributed by atoms with Gasteiger partial charge in [0.2, 0.25) is 4.77 Å². The van der Waals surface area contributed by atoms with Crippen molar-refractivity contribution in [2.45, 2.75) is 52.4 Å². The lowest BCUT2D eigenvalue weighted by atomic mass is 9.87. The van der Waals surface area contributed by atoms with E-state index in [-0.39, 0.29) is 21.2 Å². The fourth-order valence-electron chi connectivity index (χ4n) is 2.18. The van der Waals surface area contributed by atoms with E-state index in [1.54, 1.807) is 6.21 Å². The fourth-order valence-corrected chi connectivity index (χ4v) is 2.35. The molecule has 0 saturated carbocycles. The molecule has 0 amide bonds. The summed E-state index contributed by atoms with van der Waals surface area (Å²) in [5.41, 5.74) is 1.96.